The number of likely N-dealkylation sites (tertiary alicyclic amines) is 2. The van der Waals surface area contributed by atoms with E-state index in [1.807, 2.05) is 18.2 Å². The van der Waals surface area contributed by atoms with Crippen LogP contribution in [0.3, 0.4) is 0 Å². The minimum Gasteiger partial charge on any atom is -0.338 e. The number of imidazole rings is 1. The van der Waals surface area contributed by atoms with Gasteiger partial charge in [-0.3, -0.25) is 0 Å². The molecule has 2 saturated heterocycles. The van der Waals surface area contributed by atoms with Crippen LogP contribution in [0.4, 0.5) is 0 Å². The standard InChI is InChI=1S/C34H42N4O2S/c1-24(2)23-37-17-15-29(16-18-37)38-19-13-26(14-20-38)28-21-25(3)33-32(22-28)35-34(36-33)27-9-11-31(12-10-27)41(39,40)30-7-5-4-6-8-30/h4-12,21-22,24,26,29H,13-20,23H2,1-3H3,(H,35,36). The van der Waals surface area contributed by atoms with E-state index in [2.05, 4.69) is 47.7 Å². The Bertz CT molecular complexity index is 1580. The first-order valence-electron chi connectivity index (χ1n) is 15.1. The van der Waals surface area contributed by atoms with Gasteiger partial charge in [-0.05, 0) is 124 Å². The van der Waals surface area contributed by atoms with Crippen LogP contribution in [0, 0.1) is 12.8 Å². The molecule has 0 amide bonds. The first-order valence-corrected chi connectivity index (χ1v) is 16.6. The lowest BCUT2D eigenvalue weighted by Gasteiger charge is -2.42. The van der Waals surface area contributed by atoms with Gasteiger partial charge in [0.1, 0.15) is 5.82 Å². The Balaban J connectivity index is 1.13. The molecule has 0 unspecified atom stereocenters. The lowest BCUT2D eigenvalue weighted by molar-refractivity contribution is 0.0828. The number of nitrogens with zero attached hydrogens (tertiary/aromatic N) is 3. The third-order valence-corrected chi connectivity index (χ3v) is 10.8. The molecule has 0 saturated carbocycles. The Morgan fingerprint density at radius 3 is 2.20 bits per heavy atom. The van der Waals surface area contributed by atoms with Crippen LogP contribution < -0.4 is 0 Å². The van der Waals surface area contributed by atoms with Crippen molar-refractivity contribution in [2.45, 2.75) is 68.2 Å². The SMILES string of the molecule is Cc1cc(C2CCN(C3CCN(CC(C)C)CC3)CC2)cc2[nH]c(-c3ccc(S(=O)(=O)c4ccccc4)cc3)nc12. The average Bonchev–Trinajstić information content (AvgIpc) is 3.43. The zero-order chi connectivity index (χ0) is 28.6. The van der Waals surface area contributed by atoms with Gasteiger partial charge in [0.2, 0.25) is 9.84 Å². The predicted molar refractivity (Wildman–Crippen MR) is 166 cm³/mol. The van der Waals surface area contributed by atoms with Crippen molar-refractivity contribution in [1.82, 2.24) is 19.8 Å². The lowest BCUT2D eigenvalue weighted by Crippen LogP contribution is -2.48. The van der Waals surface area contributed by atoms with Gasteiger partial charge < -0.3 is 14.8 Å². The van der Waals surface area contributed by atoms with Crippen molar-refractivity contribution in [3.63, 3.8) is 0 Å². The maximum atomic E-state index is 13.0. The van der Waals surface area contributed by atoms with Crippen LogP contribution in [0.15, 0.2) is 76.5 Å². The zero-order valence-corrected chi connectivity index (χ0v) is 25.3. The van der Waals surface area contributed by atoms with Crippen molar-refractivity contribution >= 4 is 20.9 Å². The molecule has 2 fully saturated rings. The third-order valence-electron chi connectivity index (χ3n) is 8.99. The number of aryl methyl sites for hydroxylation is 1. The zero-order valence-electron chi connectivity index (χ0n) is 24.5. The first kappa shape index (κ1) is 28.1. The molecule has 216 valence electrons. The number of hydrogen-bond acceptors (Lipinski definition) is 5. The van der Waals surface area contributed by atoms with E-state index in [1.165, 1.54) is 69.5 Å². The number of sulfone groups is 1. The highest BCUT2D eigenvalue weighted by molar-refractivity contribution is 7.91. The molecule has 4 aromatic rings. The Labute approximate surface area is 244 Å². The monoisotopic (exact) mass is 570 g/mol. The van der Waals surface area contributed by atoms with Gasteiger partial charge in [-0.25, -0.2) is 13.4 Å². The molecule has 6 nitrogen and oxygen atoms in total. The summed E-state index contributed by atoms with van der Waals surface area (Å²) in [6.45, 7) is 12.9. The van der Waals surface area contributed by atoms with Crippen LogP contribution in [0.5, 0.6) is 0 Å². The number of piperidine rings is 2. The van der Waals surface area contributed by atoms with E-state index < -0.39 is 9.84 Å². The summed E-state index contributed by atoms with van der Waals surface area (Å²) in [5.41, 5.74) is 5.50. The Morgan fingerprint density at radius 2 is 1.54 bits per heavy atom. The number of aromatic nitrogens is 2. The molecule has 3 heterocycles. The van der Waals surface area contributed by atoms with Gasteiger partial charge in [-0.15, -0.1) is 0 Å². The van der Waals surface area contributed by atoms with Crippen LogP contribution >= 0.6 is 0 Å². The predicted octanol–water partition coefficient (Wildman–Crippen LogP) is 6.67. The highest BCUT2D eigenvalue weighted by Crippen LogP contribution is 2.34. The van der Waals surface area contributed by atoms with Gasteiger partial charge in [0.05, 0.1) is 20.8 Å². The summed E-state index contributed by atoms with van der Waals surface area (Å²) < 4.78 is 26.0. The maximum Gasteiger partial charge on any atom is 0.206 e. The number of fused-ring (bicyclic) bond motifs is 1. The van der Waals surface area contributed by atoms with Crippen molar-refractivity contribution in [2.75, 3.05) is 32.7 Å². The van der Waals surface area contributed by atoms with Crippen LogP contribution in [0.2, 0.25) is 0 Å². The number of nitrogens with one attached hydrogen (secondary N) is 1. The third kappa shape index (κ3) is 5.99. The molecule has 0 aliphatic carbocycles. The van der Waals surface area contributed by atoms with Crippen molar-refractivity contribution in [3.05, 3.63) is 77.9 Å². The molecule has 1 aromatic heterocycles. The summed E-state index contributed by atoms with van der Waals surface area (Å²) in [7, 11) is -3.54. The molecule has 0 atom stereocenters. The van der Waals surface area contributed by atoms with Gasteiger partial charge >= 0.3 is 0 Å². The molecule has 6 rings (SSSR count). The Hall–Kier alpha value is -3.00. The molecule has 2 aliphatic rings. The van der Waals surface area contributed by atoms with E-state index in [0.29, 0.717) is 10.8 Å². The van der Waals surface area contributed by atoms with Crippen molar-refractivity contribution in [2.24, 2.45) is 5.92 Å². The van der Waals surface area contributed by atoms with Gasteiger partial charge in [0, 0.05) is 18.2 Å². The fourth-order valence-electron chi connectivity index (χ4n) is 6.80. The lowest BCUT2D eigenvalue weighted by atomic mass is 9.87. The van der Waals surface area contributed by atoms with E-state index in [4.69, 9.17) is 4.98 Å². The number of benzene rings is 3. The molecule has 0 radical (unpaired) electrons. The molecule has 1 N–H and O–H groups in total. The molecular formula is C34H42N4O2S. The quantitative estimate of drug-likeness (QED) is 0.269. The summed E-state index contributed by atoms with van der Waals surface area (Å²) in [5, 5.41) is 0. The Kier molecular flexibility index (Phi) is 8.03. The fraction of sp³-hybridized carbons (Fsp3) is 0.441. The van der Waals surface area contributed by atoms with E-state index in [-0.39, 0.29) is 4.90 Å². The van der Waals surface area contributed by atoms with Crippen LogP contribution in [-0.4, -0.2) is 67.0 Å². The second kappa shape index (κ2) is 11.7. The van der Waals surface area contributed by atoms with E-state index in [0.717, 1.165) is 34.4 Å². The second-order valence-corrected chi connectivity index (χ2v) is 14.3. The van der Waals surface area contributed by atoms with Crippen molar-refractivity contribution in [1.29, 1.82) is 0 Å². The Morgan fingerprint density at radius 1 is 0.878 bits per heavy atom. The van der Waals surface area contributed by atoms with E-state index >= 15 is 0 Å². The van der Waals surface area contributed by atoms with Crippen LogP contribution in [0.1, 0.15) is 56.6 Å². The van der Waals surface area contributed by atoms with Crippen LogP contribution in [0.25, 0.3) is 22.4 Å². The van der Waals surface area contributed by atoms with Gasteiger partial charge in [-0.1, -0.05) is 38.1 Å². The first-order chi connectivity index (χ1) is 19.8. The summed E-state index contributed by atoms with van der Waals surface area (Å²) >= 11 is 0. The molecule has 0 spiro atoms. The molecular weight excluding hydrogens is 528 g/mol. The normalized spacial score (nSPS) is 18.4. The van der Waals surface area contributed by atoms with E-state index in [9.17, 15) is 8.42 Å². The maximum absolute atomic E-state index is 13.0. The molecule has 3 aromatic carbocycles. The summed E-state index contributed by atoms with van der Waals surface area (Å²) in [6, 6.07) is 20.9. The van der Waals surface area contributed by atoms with Crippen LogP contribution in [-0.2, 0) is 9.84 Å². The topological polar surface area (TPSA) is 69.3 Å². The van der Waals surface area contributed by atoms with E-state index in [1.54, 1.807) is 36.4 Å². The highest BCUT2D eigenvalue weighted by atomic mass is 32.2. The minimum absolute atomic E-state index is 0.287. The molecule has 41 heavy (non-hydrogen) atoms. The number of hydrogen-bond donors (Lipinski definition) is 1. The minimum atomic E-state index is -3.54. The van der Waals surface area contributed by atoms with Gasteiger partial charge in [0.15, 0.2) is 0 Å². The van der Waals surface area contributed by atoms with Gasteiger partial charge in [-0.2, -0.15) is 0 Å². The largest absolute Gasteiger partial charge is 0.338 e. The summed E-state index contributed by atoms with van der Waals surface area (Å²) in [4.78, 5) is 14.4. The summed E-state index contributed by atoms with van der Waals surface area (Å²) in [5.74, 6) is 2.09. The van der Waals surface area contributed by atoms with Crippen molar-refractivity contribution in [3.8, 4) is 11.4 Å². The fourth-order valence-corrected chi connectivity index (χ4v) is 8.08. The average molecular weight is 571 g/mol. The smallest absolute Gasteiger partial charge is 0.206 e. The highest BCUT2D eigenvalue weighted by Gasteiger charge is 2.29. The second-order valence-electron chi connectivity index (χ2n) is 12.4. The molecule has 0 bridgehead atoms. The molecule has 2 aliphatic heterocycles. The number of H-pyrrole nitrogens is 1. The number of rotatable bonds is 7. The molecule has 7 heteroatoms. The number of aromatic amines is 1. The summed E-state index contributed by atoms with van der Waals surface area (Å²) in [6.07, 6.45) is 5.02. The van der Waals surface area contributed by atoms with Crippen molar-refractivity contribution < 1.29 is 8.42 Å². The van der Waals surface area contributed by atoms with Gasteiger partial charge in [0.25, 0.3) is 0 Å².